The van der Waals surface area contributed by atoms with Gasteiger partial charge in [0.25, 0.3) is 0 Å². The highest BCUT2D eigenvalue weighted by Gasteiger charge is 2.19. The molecular weight excluding hydrogens is 328 g/mol. The van der Waals surface area contributed by atoms with E-state index in [1.54, 1.807) is 0 Å². The first-order valence-corrected chi connectivity index (χ1v) is 12.2. The van der Waals surface area contributed by atoms with Gasteiger partial charge in [-0.25, -0.2) is 0 Å². The predicted octanol–water partition coefficient (Wildman–Crippen LogP) is 9.20. The number of hydrogen-bond donors (Lipinski definition) is 0. The summed E-state index contributed by atoms with van der Waals surface area (Å²) < 4.78 is 0. The van der Waals surface area contributed by atoms with Gasteiger partial charge in [-0.3, -0.25) is 4.79 Å². The van der Waals surface area contributed by atoms with Crippen LogP contribution in [0.3, 0.4) is 0 Å². The lowest BCUT2D eigenvalue weighted by Gasteiger charge is -2.16. The second-order valence-corrected chi connectivity index (χ2v) is 9.42. The minimum absolute atomic E-state index is 0.149. The van der Waals surface area contributed by atoms with Crippen LogP contribution in [0.4, 0.5) is 0 Å². The van der Waals surface area contributed by atoms with Gasteiger partial charge in [-0.15, -0.1) is 0 Å². The maximum atomic E-state index is 11.8. The van der Waals surface area contributed by atoms with E-state index in [0.717, 1.165) is 12.8 Å². The number of carbonyl (C=O) groups is 1. The fourth-order valence-electron chi connectivity index (χ4n) is 3.44. The molecule has 0 aliphatic heterocycles. The normalized spacial score (nSPS) is 12.1. The first-order chi connectivity index (χ1) is 13.0. The Bertz CT molecular complexity index is 348. The summed E-state index contributed by atoms with van der Waals surface area (Å²) in [7, 11) is 0. The van der Waals surface area contributed by atoms with Gasteiger partial charge in [0, 0.05) is 11.8 Å². The van der Waals surface area contributed by atoms with Crippen LogP contribution in [0.5, 0.6) is 0 Å². The van der Waals surface area contributed by atoms with Crippen molar-refractivity contribution in [1.29, 1.82) is 0 Å². The van der Waals surface area contributed by atoms with Gasteiger partial charge in [0.15, 0.2) is 0 Å². The molecule has 0 heterocycles. The number of carbonyl (C=O) groups excluding carboxylic acids is 1. The van der Waals surface area contributed by atoms with Gasteiger partial charge in [-0.2, -0.15) is 0 Å². The molecule has 0 aliphatic rings. The summed E-state index contributed by atoms with van der Waals surface area (Å²) in [6.07, 6.45) is 28.4. The van der Waals surface area contributed by atoms with Crippen LogP contribution in [-0.4, -0.2) is 5.78 Å². The molecule has 160 valence electrons. The molecule has 0 N–H and O–H groups in total. The summed E-state index contributed by atoms with van der Waals surface area (Å²) in [6.45, 7) is 8.37. The summed E-state index contributed by atoms with van der Waals surface area (Å²) in [5.74, 6) is 0.420. The van der Waals surface area contributed by atoms with Crippen molar-refractivity contribution in [1.82, 2.24) is 0 Å². The average Bonchev–Trinajstić information content (AvgIpc) is 2.62. The Morgan fingerprint density at radius 1 is 0.593 bits per heavy atom. The van der Waals surface area contributed by atoms with Crippen molar-refractivity contribution < 1.29 is 4.79 Å². The van der Waals surface area contributed by atoms with Crippen molar-refractivity contribution >= 4 is 5.78 Å². The largest absolute Gasteiger partial charge is 0.299 e. The zero-order valence-corrected chi connectivity index (χ0v) is 19.3. The van der Waals surface area contributed by atoms with Crippen LogP contribution < -0.4 is 0 Å². The molecule has 27 heavy (non-hydrogen) atoms. The number of rotatable bonds is 19. The summed E-state index contributed by atoms with van der Waals surface area (Å²) in [6, 6.07) is 0. The molecule has 0 radical (unpaired) electrons. The summed E-state index contributed by atoms with van der Waals surface area (Å²) in [5, 5.41) is 0. The molecule has 0 fully saturated rings. The number of allylic oxidation sites excluding steroid dienone is 2. The maximum absolute atomic E-state index is 11.8. The Hall–Kier alpha value is -0.590. The van der Waals surface area contributed by atoms with Crippen molar-refractivity contribution in [2.45, 2.75) is 143 Å². The van der Waals surface area contributed by atoms with Crippen LogP contribution in [0.2, 0.25) is 0 Å². The molecule has 0 amide bonds. The molecule has 0 saturated carbocycles. The van der Waals surface area contributed by atoms with Crippen LogP contribution in [0.1, 0.15) is 143 Å². The third kappa shape index (κ3) is 20.0. The Morgan fingerprint density at radius 3 is 1.37 bits per heavy atom. The first-order valence-electron chi connectivity index (χ1n) is 12.2. The molecule has 0 aromatic rings. The SMILES string of the molecule is CCCCCCCC/C=C\CCCCCCCCCCCC(=O)C(C)(C)C. The maximum Gasteiger partial charge on any atom is 0.138 e. The smallest absolute Gasteiger partial charge is 0.138 e. The lowest BCUT2D eigenvalue weighted by atomic mass is 9.88. The Morgan fingerprint density at radius 2 is 0.963 bits per heavy atom. The van der Waals surface area contributed by atoms with Crippen LogP contribution in [0.25, 0.3) is 0 Å². The predicted molar refractivity (Wildman–Crippen MR) is 122 cm³/mol. The Labute approximate surface area is 171 Å². The second kappa shape index (κ2) is 18.8. The quantitative estimate of drug-likeness (QED) is 0.162. The van der Waals surface area contributed by atoms with Crippen LogP contribution in [0.15, 0.2) is 12.2 Å². The van der Waals surface area contributed by atoms with Crippen molar-refractivity contribution in [2.75, 3.05) is 0 Å². The van der Waals surface area contributed by atoms with Crippen LogP contribution >= 0.6 is 0 Å². The average molecular weight is 379 g/mol. The second-order valence-electron chi connectivity index (χ2n) is 9.42. The zero-order chi connectivity index (χ0) is 20.2. The monoisotopic (exact) mass is 378 g/mol. The van der Waals surface area contributed by atoms with Crippen molar-refractivity contribution in [3.05, 3.63) is 12.2 Å². The molecule has 0 unspecified atom stereocenters. The van der Waals surface area contributed by atoms with Crippen LogP contribution in [-0.2, 0) is 4.79 Å². The van der Waals surface area contributed by atoms with Gasteiger partial charge in [0.05, 0.1) is 0 Å². The molecule has 0 atom stereocenters. The number of ketones is 1. The Balaban J connectivity index is 3.19. The van der Waals surface area contributed by atoms with Gasteiger partial charge >= 0.3 is 0 Å². The molecule has 0 aromatic carbocycles. The first kappa shape index (κ1) is 26.4. The molecule has 0 aromatic heterocycles. The third-order valence-corrected chi connectivity index (χ3v) is 5.50. The lowest BCUT2D eigenvalue weighted by Crippen LogP contribution is -2.19. The van der Waals surface area contributed by atoms with Crippen molar-refractivity contribution in [3.63, 3.8) is 0 Å². The summed E-state index contributed by atoms with van der Waals surface area (Å²) in [5.41, 5.74) is -0.149. The highest BCUT2D eigenvalue weighted by Crippen LogP contribution is 2.19. The topological polar surface area (TPSA) is 17.1 Å². The van der Waals surface area contributed by atoms with E-state index in [9.17, 15) is 4.79 Å². The summed E-state index contributed by atoms with van der Waals surface area (Å²) >= 11 is 0. The van der Waals surface area contributed by atoms with E-state index in [1.165, 1.54) is 103 Å². The molecule has 0 aliphatic carbocycles. The standard InChI is InChI=1S/C26H50O/c1-5-6-7-8-9-10-11-12-13-14-15-16-17-18-19-20-21-22-23-24-25(27)26(2,3)4/h12-13H,5-11,14-24H2,1-4H3/b13-12-. The molecule has 1 nitrogen and oxygen atoms in total. The van der Waals surface area contributed by atoms with E-state index in [4.69, 9.17) is 0 Å². The highest BCUT2D eigenvalue weighted by atomic mass is 16.1. The minimum Gasteiger partial charge on any atom is -0.299 e. The van der Waals surface area contributed by atoms with Gasteiger partial charge in [0.2, 0.25) is 0 Å². The van der Waals surface area contributed by atoms with E-state index in [1.807, 2.05) is 20.8 Å². The molecule has 0 rings (SSSR count). The minimum atomic E-state index is -0.149. The van der Waals surface area contributed by atoms with Crippen molar-refractivity contribution in [3.8, 4) is 0 Å². The van der Waals surface area contributed by atoms with Gasteiger partial charge in [0.1, 0.15) is 5.78 Å². The van der Waals surface area contributed by atoms with Crippen molar-refractivity contribution in [2.24, 2.45) is 5.41 Å². The number of hydrogen-bond acceptors (Lipinski definition) is 1. The lowest BCUT2D eigenvalue weighted by molar-refractivity contribution is -0.126. The molecule has 0 bridgehead atoms. The number of Topliss-reactive ketones (excluding diaryl/α,β-unsaturated/α-hetero) is 1. The third-order valence-electron chi connectivity index (χ3n) is 5.50. The van der Waals surface area contributed by atoms with E-state index < -0.39 is 0 Å². The molecule has 1 heteroatoms. The Kier molecular flexibility index (Phi) is 18.3. The zero-order valence-electron chi connectivity index (χ0n) is 19.3. The molecule has 0 spiro atoms. The molecular formula is C26H50O. The molecule has 0 saturated heterocycles. The van der Waals surface area contributed by atoms with E-state index >= 15 is 0 Å². The fourth-order valence-corrected chi connectivity index (χ4v) is 3.44. The van der Waals surface area contributed by atoms with Gasteiger partial charge < -0.3 is 0 Å². The van der Waals surface area contributed by atoms with E-state index in [-0.39, 0.29) is 5.41 Å². The van der Waals surface area contributed by atoms with Gasteiger partial charge in [-0.1, -0.05) is 117 Å². The fraction of sp³-hybridized carbons (Fsp3) is 0.885. The van der Waals surface area contributed by atoms with Crippen LogP contribution in [0, 0.1) is 5.41 Å². The van der Waals surface area contributed by atoms with E-state index in [2.05, 4.69) is 19.1 Å². The number of unbranched alkanes of at least 4 members (excludes halogenated alkanes) is 15. The highest BCUT2D eigenvalue weighted by molar-refractivity contribution is 5.83. The van der Waals surface area contributed by atoms with E-state index in [0.29, 0.717) is 5.78 Å². The van der Waals surface area contributed by atoms with Gasteiger partial charge in [-0.05, 0) is 32.1 Å². The summed E-state index contributed by atoms with van der Waals surface area (Å²) in [4.78, 5) is 11.8.